The maximum absolute atomic E-state index is 5.28. The third-order valence-corrected chi connectivity index (χ3v) is 12.8. The molecule has 66 heavy (non-hydrogen) atoms. The molecule has 318 valence electrons. The first-order valence-corrected chi connectivity index (χ1v) is 22.8. The molecule has 0 saturated carbocycles. The number of anilines is 6. The van der Waals surface area contributed by atoms with E-state index in [1.54, 1.807) is 0 Å². The van der Waals surface area contributed by atoms with Crippen molar-refractivity contribution in [2.75, 3.05) is 9.80 Å². The van der Waals surface area contributed by atoms with Gasteiger partial charge in [0, 0.05) is 33.5 Å². The van der Waals surface area contributed by atoms with Gasteiger partial charge in [-0.05, 0) is 170 Å². The lowest BCUT2D eigenvalue weighted by Gasteiger charge is -2.28. The molecule has 0 unspecified atom stereocenters. The number of aromatic nitrogens is 2. The van der Waals surface area contributed by atoms with Crippen molar-refractivity contribution < 1.29 is 0 Å². The van der Waals surface area contributed by atoms with E-state index >= 15 is 0 Å². The fraction of sp³-hybridized carbons (Fsp3) is 0.0968. The molecule has 0 saturated heterocycles. The van der Waals surface area contributed by atoms with Crippen LogP contribution in [0.5, 0.6) is 0 Å². The third-order valence-electron chi connectivity index (χ3n) is 12.8. The molecule has 9 aromatic carbocycles. The quantitative estimate of drug-likeness (QED) is 0.143. The van der Waals surface area contributed by atoms with Crippen LogP contribution in [0.2, 0.25) is 0 Å². The molecule has 4 heteroatoms. The lowest BCUT2D eigenvalue weighted by Crippen LogP contribution is -2.12. The van der Waals surface area contributed by atoms with E-state index in [2.05, 4.69) is 245 Å². The lowest BCUT2D eigenvalue weighted by atomic mass is 9.84. The van der Waals surface area contributed by atoms with Crippen molar-refractivity contribution in [3.63, 3.8) is 0 Å². The number of rotatable bonds is 8. The number of hydrogen-bond donors (Lipinski definition) is 0. The highest BCUT2D eigenvalue weighted by atomic mass is 15.2. The summed E-state index contributed by atoms with van der Waals surface area (Å²) in [5.41, 5.74) is 18.2. The molecule has 0 aliphatic heterocycles. The van der Waals surface area contributed by atoms with Crippen molar-refractivity contribution in [1.82, 2.24) is 9.97 Å². The Hall–Kier alpha value is -8.08. The Morgan fingerprint density at radius 2 is 0.652 bits per heavy atom. The highest BCUT2D eigenvalue weighted by Gasteiger charge is 2.23. The van der Waals surface area contributed by atoms with Gasteiger partial charge < -0.3 is 0 Å². The lowest BCUT2D eigenvalue weighted by molar-refractivity contribution is 1.21. The van der Waals surface area contributed by atoms with Gasteiger partial charge in [0.15, 0.2) is 0 Å². The Morgan fingerprint density at radius 3 is 1.05 bits per heavy atom. The summed E-state index contributed by atoms with van der Waals surface area (Å²) in [5, 5.41) is 6.95. The smallest absolute Gasteiger partial charge is 0.138 e. The van der Waals surface area contributed by atoms with Crippen LogP contribution in [0.25, 0.3) is 65.6 Å². The summed E-state index contributed by atoms with van der Waals surface area (Å²) in [4.78, 5) is 15.2. The van der Waals surface area contributed by atoms with E-state index in [1.807, 2.05) is 0 Å². The zero-order valence-electron chi connectivity index (χ0n) is 38.3. The second-order valence-electron chi connectivity index (χ2n) is 18.0. The molecule has 4 nitrogen and oxygen atoms in total. The van der Waals surface area contributed by atoms with Crippen molar-refractivity contribution in [2.45, 2.75) is 41.5 Å². The molecule has 0 fully saturated rings. The molecule has 0 N–H and O–H groups in total. The molecule has 11 aromatic rings. The minimum atomic E-state index is 0.864. The average molecular weight is 851 g/mol. The third kappa shape index (κ3) is 7.50. The molecule has 0 spiro atoms. The highest BCUT2D eigenvalue weighted by Crippen LogP contribution is 2.49. The Balaban J connectivity index is 1.24. The Morgan fingerprint density at radius 1 is 0.288 bits per heavy atom. The van der Waals surface area contributed by atoms with Gasteiger partial charge in [0.05, 0.1) is 11.0 Å². The predicted molar refractivity (Wildman–Crippen MR) is 281 cm³/mol. The van der Waals surface area contributed by atoms with Gasteiger partial charge in [-0.2, -0.15) is 0 Å². The van der Waals surface area contributed by atoms with Gasteiger partial charge in [0.1, 0.15) is 11.6 Å². The number of para-hydroxylation sites is 2. The van der Waals surface area contributed by atoms with E-state index in [0.29, 0.717) is 0 Å². The first-order chi connectivity index (χ1) is 32.1. The van der Waals surface area contributed by atoms with Gasteiger partial charge >= 0.3 is 0 Å². The minimum absolute atomic E-state index is 0.864. The maximum atomic E-state index is 5.28. The van der Waals surface area contributed by atoms with Gasteiger partial charge in [0.25, 0.3) is 0 Å². The summed E-state index contributed by atoms with van der Waals surface area (Å²) in [6.07, 6.45) is 0. The fourth-order valence-corrected chi connectivity index (χ4v) is 9.92. The van der Waals surface area contributed by atoms with Crippen LogP contribution in [0.15, 0.2) is 194 Å². The first-order valence-electron chi connectivity index (χ1n) is 22.8. The van der Waals surface area contributed by atoms with Gasteiger partial charge in [-0.1, -0.05) is 143 Å². The summed E-state index contributed by atoms with van der Waals surface area (Å²) in [7, 11) is 0. The van der Waals surface area contributed by atoms with Crippen LogP contribution in [0.1, 0.15) is 33.4 Å². The second-order valence-corrected chi connectivity index (χ2v) is 18.0. The van der Waals surface area contributed by atoms with Crippen LogP contribution < -0.4 is 9.80 Å². The summed E-state index contributed by atoms with van der Waals surface area (Å²) in [5.74, 6) is 1.73. The van der Waals surface area contributed by atoms with E-state index in [4.69, 9.17) is 9.97 Å². The van der Waals surface area contributed by atoms with E-state index < -0.39 is 0 Å². The summed E-state index contributed by atoms with van der Waals surface area (Å²) in [6, 6.07) is 70.8. The number of fused-ring (bicyclic) bond motifs is 4. The van der Waals surface area contributed by atoms with E-state index in [0.717, 1.165) is 56.2 Å². The molecular weight excluding hydrogens is 801 g/mol. The highest BCUT2D eigenvalue weighted by molar-refractivity contribution is 6.23. The largest absolute Gasteiger partial charge is 0.295 e. The SMILES string of the molecule is Cc1ccc(N(c2ccc3c(-c4cc(C)cc(C)c4)c4cc(N(c5ccc(C)cc5)c5ccc6ccccc6n5)ccc4c(-c4cc(C)cc(C)c4)c3c2)c2ccc3ccccc3n2)cc1. The molecule has 0 radical (unpaired) electrons. The van der Waals surface area contributed by atoms with Gasteiger partial charge in [0.2, 0.25) is 0 Å². The molecule has 0 amide bonds. The fourth-order valence-electron chi connectivity index (χ4n) is 9.92. The molecule has 2 aromatic heterocycles. The van der Waals surface area contributed by atoms with Crippen molar-refractivity contribution in [3.8, 4) is 22.3 Å². The zero-order valence-corrected chi connectivity index (χ0v) is 38.3. The summed E-state index contributed by atoms with van der Waals surface area (Å²) >= 11 is 0. The van der Waals surface area contributed by atoms with E-state index in [1.165, 1.54) is 77.2 Å². The van der Waals surface area contributed by atoms with E-state index in [9.17, 15) is 0 Å². The summed E-state index contributed by atoms with van der Waals surface area (Å²) in [6.45, 7) is 13.1. The predicted octanol–water partition coefficient (Wildman–Crippen LogP) is 17.2. The van der Waals surface area contributed by atoms with Crippen LogP contribution >= 0.6 is 0 Å². The number of benzene rings is 9. The van der Waals surface area contributed by atoms with Crippen LogP contribution in [0, 0.1) is 41.5 Å². The molecule has 0 aliphatic carbocycles. The van der Waals surface area contributed by atoms with Gasteiger partial charge in [-0.25, -0.2) is 9.97 Å². The number of hydrogen-bond acceptors (Lipinski definition) is 4. The number of nitrogens with zero attached hydrogens (tertiary/aromatic N) is 4. The van der Waals surface area contributed by atoms with Crippen molar-refractivity contribution in [2.24, 2.45) is 0 Å². The first kappa shape index (κ1) is 40.7. The van der Waals surface area contributed by atoms with Crippen molar-refractivity contribution >= 4 is 77.7 Å². The van der Waals surface area contributed by atoms with Crippen molar-refractivity contribution in [3.05, 3.63) is 228 Å². The van der Waals surface area contributed by atoms with Crippen LogP contribution in [0.3, 0.4) is 0 Å². The molecule has 0 atom stereocenters. The molecule has 0 aliphatic rings. The Kier molecular flexibility index (Phi) is 10.2. The van der Waals surface area contributed by atoms with E-state index in [-0.39, 0.29) is 0 Å². The Bertz CT molecular complexity index is 3380. The van der Waals surface area contributed by atoms with Crippen LogP contribution in [0.4, 0.5) is 34.4 Å². The van der Waals surface area contributed by atoms with Crippen LogP contribution in [-0.4, -0.2) is 9.97 Å². The molecule has 0 bridgehead atoms. The standard InChI is InChI=1S/C62H50N4/c1-39-15-21-49(22-16-39)65(59-29-19-45-11-7-9-13-57(45)63-59)51-25-27-53-55(37-51)61(47-33-41(3)31-42(4)34-47)54-28-26-52(38-56(54)62(53)48-35-43(5)32-44(6)36-48)66(50-23-17-40(2)18-24-50)60-30-20-46-12-8-10-14-58(46)64-60/h7-38H,1-6H3. The molecular formula is C62H50N4. The maximum Gasteiger partial charge on any atom is 0.138 e. The Labute approximate surface area is 387 Å². The van der Waals surface area contributed by atoms with Gasteiger partial charge in [-0.3, -0.25) is 9.80 Å². The summed E-state index contributed by atoms with van der Waals surface area (Å²) < 4.78 is 0. The topological polar surface area (TPSA) is 32.3 Å². The normalized spacial score (nSPS) is 11.5. The average Bonchev–Trinajstić information content (AvgIpc) is 3.31. The van der Waals surface area contributed by atoms with Gasteiger partial charge in [-0.15, -0.1) is 0 Å². The number of aryl methyl sites for hydroxylation is 6. The van der Waals surface area contributed by atoms with Crippen molar-refractivity contribution in [1.29, 1.82) is 0 Å². The monoisotopic (exact) mass is 850 g/mol. The molecule has 2 heterocycles. The molecule has 11 rings (SSSR count). The minimum Gasteiger partial charge on any atom is -0.295 e. The second kappa shape index (κ2) is 16.5. The van der Waals surface area contributed by atoms with Crippen LogP contribution in [-0.2, 0) is 0 Å². The zero-order chi connectivity index (χ0) is 45.1. The number of pyridine rings is 2.